The van der Waals surface area contributed by atoms with Crippen molar-refractivity contribution in [2.75, 3.05) is 0 Å². The van der Waals surface area contributed by atoms with Gasteiger partial charge in [0.15, 0.2) is 0 Å². The Kier molecular flexibility index (Phi) is 3.46. The third-order valence-corrected chi connectivity index (χ3v) is 3.00. The lowest BCUT2D eigenvalue weighted by atomic mass is 10.00. The van der Waals surface area contributed by atoms with Gasteiger partial charge in [-0.25, -0.2) is 8.78 Å². The van der Waals surface area contributed by atoms with Gasteiger partial charge in [0.05, 0.1) is 16.8 Å². The second-order valence-corrected chi connectivity index (χ2v) is 4.40. The lowest BCUT2D eigenvalue weighted by Crippen LogP contribution is -2.10. The monoisotopic (exact) mass is 264 g/mol. The van der Waals surface area contributed by atoms with E-state index in [0.29, 0.717) is 12.1 Å². The summed E-state index contributed by atoms with van der Waals surface area (Å²) in [6, 6.07) is 2.42. The number of aryl methyl sites for hydroxylation is 3. The molecule has 0 amide bonds. The summed E-state index contributed by atoms with van der Waals surface area (Å²) in [6.45, 7) is 3.33. The van der Waals surface area contributed by atoms with E-state index in [1.807, 2.05) is 6.92 Å². The van der Waals surface area contributed by atoms with Crippen LogP contribution in [0, 0.1) is 18.6 Å². The van der Waals surface area contributed by atoms with E-state index in [1.54, 1.807) is 7.05 Å². The molecule has 19 heavy (non-hydrogen) atoms. The van der Waals surface area contributed by atoms with Gasteiger partial charge in [-0.15, -0.1) is 0 Å². The standard InChI is InChI=1S/C14H14F2N2O/c1-4-11-9(7-18(3)17-11)14(19)12-10(15)6-5-8(2)13(12)16/h5-7H,4H2,1-3H3. The fraction of sp³-hybridized carbons (Fsp3) is 0.286. The number of hydrogen-bond acceptors (Lipinski definition) is 2. The molecular weight excluding hydrogens is 250 g/mol. The Labute approximate surface area is 109 Å². The first-order valence-electron chi connectivity index (χ1n) is 5.97. The van der Waals surface area contributed by atoms with Gasteiger partial charge in [-0.2, -0.15) is 5.10 Å². The zero-order valence-electron chi connectivity index (χ0n) is 11.0. The van der Waals surface area contributed by atoms with E-state index in [9.17, 15) is 13.6 Å². The van der Waals surface area contributed by atoms with E-state index in [4.69, 9.17) is 0 Å². The normalized spacial score (nSPS) is 10.8. The van der Waals surface area contributed by atoms with Crippen LogP contribution in [0.15, 0.2) is 18.3 Å². The number of carbonyl (C=O) groups is 1. The zero-order valence-corrected chi connectivity index (χ0v) is 11.0. The van der Waals surface area contributed by atoms with Crippen LogP contribution < -0.4 is 0 Å². The first kappa shape index (κ1) is 13.4. The Balaban J connectivity index is 2.59. The van der Waals surface area contributed by atoms with E-state index < -0.39 is 23.0 Å². The molecule has 1 heterocycles. The summed E-state index contributed by atoms with van der Waals surface area (Å²) in [5, 5.41) is 4.11. The molecule has 5 heteroatoms. The Morgan fingerprint density at radius 1 is 1.37 bits per heavy atom. The van der Waals surface area contributed by atoms with Gasteiger partial charge in [0.2, 0.25) is 5.78 Å². The molecule has 1 aromatic heterocycles. The molecule has 0 bridgehead atoms. The smallest absolute Gasteiger partial charge is 0.202 e. The highest BCUT2D eigenvalue weighted by atomic mass is 19.1. The van der Waals surface area contributed by atoms with Crippen molar-refractivity contribution in [3.8, 4) is 0 Å². The van der Waals surface area contributed by atoms with Crippen LogP contribution in [-0.2, 0) is 13.5 Å². The minimum Gasteiger partial charge on any atom is -0.288 e. The summed E-state index contributed by atoms with van der Waals surface area (Å²) in [5.74, 6) is -2.32. The average molecular weight is 264 g/mol. The van der Waals surface area contributed by atoms with E-state index >= 15 is 0 Å². The number of aromatic nitrogens is 2. The van der Waals surface area contributed by atoms with E-state index in [2.05, 4.69) is 5.10 Å². The quantitative estimate of drug-likeness (QED) is 0.799. The highest BCUT2D eigenvalue weighted by molar-refractivity contribution is 6.10. The first-order valence-corrected chi connectivity index (χ1v) is 5.97. The highest BCUT2D eigenvalue weighted by Gasteiger charge is 2.23. The van der Waals surface area contributed by atoms with Crippen molar-refractivity contribution < 1.29 is 13.6 Å². The number of halogens is 2. The Morgan fingerprint density at radius 2 is 2.05 bits per heavy atom. The Hall–Kier alpha value is -2.04. The Bertz CT molecular complexity index is 647. The van der Waals surface area contributed by atoms with Crippen molar-refractivity contribution in [1.82, 2.24) is 9.78 Å². The predicted molar refractivity (Wildman–Crippen MR) is 67.1 cm³/mol. The van der Waals surface area contributed by atoms with Gasteiger partial charge in [0, 0.05) is 13.2 Å². The molecule has 0 spiro atoms. The highest BCUT2D eigenvalue weighted by Crippen LogP contribution is 2.21. The molecule has 0 aliphatic rings. The van der Waals surface area contributed by atoms with Gasteiger partial charge in [-0.1, -0.05) is 13.0 Å². The van der Waals surface area contributed by atoms with Gasteiger partial charge >= 0.3 is 0 Å². The molecule has 0 N–H and O–H groups in total. The van der Waals surface area contributed by atoms with Crippen LogP contribution in [-0.4, -0.2) is 15.6 Å². The van der Waals surface area contributed by atoms with E-state index in [1.165, 1.54) is 23.9 Å². The van der Waals surface area contributed by atoms with Crippen molar-refractivity contribution >= 4 is 5.78 Å². The molecule has 0 aliphatic heterocycles. The molecule has 0 unspecified atom stereocenters. The molecule has 0 aliphatic carbocycles. The zero-order chi connectivity index (χ0) is 14.2. The molecular formula is C14H14F2N2O. The number of benzene rings is 1. The summed E-state index contributed by atoms with van der Waals surface area (Å²) in [6.07, 6.45) is 2.01. The molecule has 0 saturated carbocycles. The summed E-state index contributed by atoms with van der Waals surface area (Å²) >= 11 is 0. The lowest BCUT2D eigenvalue weighted by molar-refractivity contribution is 0.103. The third kappa shape index (κ3) is 2.28. The van der Waals surface area contributed by atoms with Gasteiger partial charge < -0.3 is 0 Å². The van der Waals surface area contributed by atoms with Crippen LogP contribution in [0.4, 0.5) is 8.78 Å². The van der Waals surface area contributed by atoms with Crippen molar-refractivity contribution in [2.45, 2.75) is 20.3 Å². The average Bonchev–Trinajstić information content (AvgIpc) is 2.75. The van der Waals surface area contributed by atoms with Gasteiger partial charge in [0.25, 0.3) is 0 Å². The molecule has 2 rings (SSSR count). The van der Waals surface area contributed by atoms with Crippen LogP contribution in [0.2, 0.25) is 0 Å². The molecule has 0 saturated heterocycles. The number of rotatable bonds is 3. The molecule has 0 fully saturated rings. The van der Waals surface area contributed by atoms with Crippen LogP contribution in [0.5, 0.6) is 0 Å². The van der Waals surface area contributed by atoms with Crippen molar-refractivity contribution in [3.63, 3.8) is 0 Å². The number of carbonyl (C=O) groups excluding carboxylic acids is 1. The van der Waals surface area contributed by atoms with Crippen LogP contribution in [0.1, 0.15) is 34.1 Å². The molecule has 0 atom stereocenters. The van der Waals surface area contributed by atoms with Gasteiger partial charge in [-0.05, 0) is 25.0 Å². The van der Waals surface area contributed by atoms with Crippen LogP contribution in [0.3, 0.4) is 0 Å². The SMILES string of the molecule is CCc1nn(C)cc1C(=O)c1c(F)ccc(C)c1F. The first-order chi connectivity index (χ1) is 8.95. The largest absolute Gasteiger partial charge is 0.288 e. The van der Waals surface area contributed by atoms with Gasteiger partial charge in [0.1, 0.15) is 11.6 Å². The van der Waals surface area contributed by atoms with Crippen molar-refractivity contribution in [1.29, 1.82) is 0 Å². The van der Waals surface area contributed by atoms with Crippen LogP contribution >= 0.6 is 0 Å². The molecule has 2 aromatic rings. The van der Waals surface area contributed by atoms with Crippen molar-refractivity contribution in [2.24, 2.45) is 7.05 Å². The molecule has 3 nitrogen and oxygen atoms in total. The maximum absolute atomic E-state index is 14.0. The summed E-state index contributed by atoms with van der Waals surface area (Å²) in [7, 11) is 1.67. The summed E-state index contributed by atoms with van der Waals surface area (Å²) in [5.41, 5.74) is 0.510. The van der Waals surface area contributed by atoms with E-state index in [-0.39, 0.29) is 11.1 Å². The second kappa shape index (κ2) is 4.91. The van der Waals surface area contributed by atoms with Gasteiger partial charge in [-0.3, -0.25) is 9.48 Å². The second-order valence-electron chi connectivity index (χ2n) is 4.40. The number of hydrogen-bond donors (Lipinski definition) is 0. The van der Waals surface area contributed by atoms with Crippen molar-refractivity contribution in [3.05, 3.63) is 52.3 Å². The minimum atomic E-state index is -0.848. The molecule has 1 aromatic carbocycles. The maximum Gasteiger partial charge on any atom is 0.202 e. The third-order valence-electron chi connectivity index (χ3n) is 3.00. The lowest BCUT2D eigenvalue weighted by Gasteiger charge is -2.06. The minimum absolute atomic E-state index is 0.242. The van der Waals surface area contributed by atoms with Crippen LogP contribution in [0.25, 0.3) is 0 Å². The van der Waals surface area contributed by atoms with E-state index in [0.717, 1.165) is 6.07 Å². The topological polar surface area (TPSA) is 34.9 Å². The molecule has 100 valence electrons. The maximum atomic E-state index is 14.0. The predicted octanol–water partition coefficient (Wildman–Crippen LogP) is 2.80. The summed E-state index contributed by atoms with van der Waals surface area (Å²) in [4.78, 5) is 12.3. The number of ketones is 1. The molecule has 0 radical (unpaired) electrons. The fourth-order valence-electron chi connectivity index (χ4n) is 1.98. The Morgan fingerprint density at radius 3 is 2.68 bits per heavy atom. The fourth-order valence-corrected chi connectivity index (χ4v) is 1.98. The number of nitrogens with zero attached hydrogens (tertiary/aromatic N) is 2. The summed E-state index contributed by atoms with van der Waals surface area (Å²) < 4.78 is 29.1.